The Balaban J connectivity index is 1.62. The number of benzene rings is 2. The molecule has 1 aromatic heterocycles. The van der Waals surface area contributed by atoms with Gasteiger partial charge in [0, 0.05) is 17.9 Å². The lowest BCUT2D eigenvalue weighted by molar-refractivity contribution is -0.203. The third kappa shape index (κ3) is 2.86. The van der Waals surface area contributed by atoms with Crippen molar-refractivity contribution in [3.05, 3.63) is 52.4 Å². The lowest BCUT2D eigenvalue weighted by Crippen LogP contribution is -2.49. The third-order valence-electron chi connectivity index (χ3n) is 6.41. The first-order chi connectivity index (χ1) is 14.5. The molecule has 0 radical (unpaired) electrons. The van der Waals surface area contributed by atoms with Gasteiger partial charge in [0.15, 0.2) is 11.5 Å². The normalized spacial score (nSPS) is 22.7. The smallest absolute Gasteiger partial charge is 0.211 e. The highest BCUT2D eigenvalue weighted by Gasteiger charge is 2.45. The average molecular weight is 408 g/mol. The fourth-order valence-corrected chi connectivity index (χ4v) is 4.76. The highest BCUT2D eigenvalue weighted by atomic mass is 16.6. The number of methoxy groups -OCH3 is 2. The van der Waals surface area contributed by atoms with E-state index >= 15 is 0 Å². The quantitative estimate of drug-likeness (QED) is 0.697. The Bertz CT molecular complexity index is 1180. The van der Waals surface area contributed by atoms with Crippen LogP contribution in [0.4, 0.5) is 0 Å². The monoisotopic (exact) mass is 408 g/mol. The zero-order chi connectivity index (χ0) is 20.9. The summed E-state index contributed by atoms with van der Waals surface area (Å²) in [6, 6.07) is 8.83. The topological polar surface area (TPSA) is 78.1 Å². The van der Waals surface area contributed by atoms with Crippen molar-refractivity contribution in [1.29, 1.82) is 0 Å². The summed E-state index contributed by atoms with van der Waals surface area (Å²) in [5.74, 6) is 0.645. The van der Waals surface area contributed by atoms with Gasteiger partial charge in [0.25, 0.3) is 0 Å². The van der Waals surface area contributed by atoms with Gasteiger partial charge < -0.3 is 23.7 Å². The second-order valence-corrected chi connectivity index (χ2v) is 8.06. The minimum Gasteiger partial charge on any atom is -0.493 e. The van der Waals surface area contributed by atoms with Crippen LogP contribution in [0.15, 0.2) is 45.8 Å². The largest absolute Gasteiger partial charge is 0.493 e. The van der Waals surface area contributed by atoms with Crippen molar-refractivity contribution >= 4 is 11.0 Å². The van der Waals surface area contributed by atoms with E-state index < -0.39 is 5.79 Å². The molecule has 1 fully saturated rings. The summed E-state index contributed by atoms with van der Waals surface area (Å²) in [5.41, 5.74) is 2.43. The molecule has 3 aromatic rings. The summed E-state index contributed by atoms with van der Waals surface area (Å²) >= 11 is 0. The van der Waals surface area contributed by atoms with Crippen LogP contribution in [0.3, 0.4) is 0 Å². The summed E-state index contributed by atoms with van der Waals surface area (Å²) in [5, 5.41) is 11.4. The summed E-state index contributed by atoms with van der Waals surface area (Å²) in [6.07, 6.45) is 5.71. The van der Waals surface area contributed by atoms with E-state index in [0.29, 0.717) is 52.2 Å². The zero-order valence-corrected chi connectivity index (χ0v) is 17.1. The molecule has 2 aromatic carbocycles. The first-order valence-corrected chi connectivity index (χ1v) is 10.3. The van der Waals surface area contributed by atoms with Crippen LogP contribution >= 0.6 is 0 Å². The fraction of sp³-hybridized carbons (Fsp3) is 0.375. The van der Waals surface area contributed by atoms with E-state index in [-0.39, 0.29) is 11.3 Å². The molecular weight excluding hydrogens is 384 g/mol. The zero-order valence-electron chi connectivity index (χ0n) is 17.1. The molecule has 2 unspecified atom stereocenters. The Morgan fingerprint density at radius 3 is 2.73 bits per heavy atom. The maximum Gasteiger partial charge on any atom is 0.211 e. The second kappa shape index (κ2) is 7.06. The van der Waals surface area contributed by atoms with Crippen LogP contribution in [-0.2, 0) is 6.42 Å². The molecular formula is C24H24O6. The number of hydrogen-bond acceptors (Lipinski definition) is 6. The molecule has 1 aliphatic heterocycles. The first kappa shape index (κ1) is 19.0. The van der Waals surface area contributed by atoms with E-state index in [0.717, 1.165) is 24.8 Å². The average Bonchev–Trinajstić information content (AvgIpc) is 2.77. The standard InChI is InChI=1S/C24H24O6/c1-27-20-8-6-14(11-21(20)28-2)18-13-29-23-16(22(18)25)7-9-19-17(23)12-15-5-3-4-10-24(15,26)30-19/h6-9,11,13,15,26H,3-5,10,12H2,1-2H3. The molecule has 1 saturated carbocycles. The fourth-order valence-electron chi connectivity index (χ4n) is 4.76. The Morgan fingerprint density at radius 1 is 1.10 bits per heavy atom. The van der Waals surface area contributed by atoms with Gasteiger partial charge in [0.1, 0.15) is 17.6 Å². The Labute approximate surface area is 174 Å². The van der Waals surface area contributed by atoms with Crippen LogP contribution in [0.1, 0.15) is 31.2 Å². The van der Waals surface area contributed by atoms with Gasteiger partial charge >= 0.3 is 0 Å². The molecule has 5 rings (SSSR count). The van der Waals surface area contributed by atoms with Crippen molar-refractivity contribution in [3.63, 3.8) is 0 Å². The second-order valence-electron chi connectivity index (χ2n) is 8.06. The van der Waals surface area contributed by atoms with E-state index in [1.807, 2.05) is 6.07 Å². The van der Waals surface area contributed by atoms with Gasteiger partial charge in [-0.15, -0.1) is 0 Å². The minimum atomic E-state index is -1.11. The first-order valence-electron chi connectivity index (χ1n) is 10.3. The molecule has 0 saturated heterocycles. The lowest BCUT2D eigenvalue weighted by Gasteiger charge is -2.43. The number of ether oxygens (including phenoxy) is 3. The van der Waals surface area contributed by atoms with Crippen molar-refractivity contribution in [2.75, 3.05) is 14.2 Å². The Kier molecular flexibility index (Phi) is 4.47. The van der Waals surface area contributed by atoms with Crippen molar-refractivity contribution in [2.45, 2.75) is 37.9 Å². The maximum atomic E-state index is 13.3. The van der Waals surface area contributed by atoms with E-state index in [2.05, 4.69) is 0 Å². The lowest BCUT2D eigenvalue weighted by atomic mass is 9.77. The number of rotatable bonds is 3. The Hall–Kier alpha value is -2.99. The van der Waals surface area contributed by atoms with E-state index in [1.165, 1.54) is 6.26 Å². The molecule has 30 heavy (non-hydrogen) atoms. The molecule has 1 aliphatic carbocycles. The molecule has 2 aliphatic rings. The summed E-state index contributed by atoms with van der Waals surface area (Å²) in [6.45, 7) is 0. The van der Waals surface area contributed by atoms with E-state index in [9.17, 15) is 9.90 Å². The van der Waals surface area contributed by atoms with Crippen LogP contribution in [0.25, 0.3) is 22.1 Å². The molecule has 6 nitrogen and oxygen atoms in total. The van der Waals surface area contributed by atoms with Crippen LogP contribution in [0.2, 0.25) is 0 Å². The predicted molar refractivity (Wildman–Crippen MR) is 112 cm³/mol. The van der Waals surface area contributed by atoms with E-state index in [4.69, 9.17) is 18.6 Å². The van der Waals surface area contributed by atoms with Crippen LogP contribution in [0.5, 0.6) is 17.2 Å². The van der Waals surface area contributed by atoms with E-state index in [1.54, 1.807) is 38.5 Å². The van der Waals surface area contributed by atoms with Gasteiger partial charge in [-0.1, -0.05) is 12.5 Å². The van der Waals surface area contributed by atoms with Gasteiger partial charge in [-0.05, 0) is 49.1 Å². The summed E-state index contributed by atoms with van der Waals surface area (Å²) in [4.78, 5) is 13.3. The molecule has 0 spiro atoms. The maximum absolute atomic E-state index is 13.3. The Morgan fingerprint density at radius 2 is 1.93 bits per heavy atom. The molecule has 2 heterocycles. The molecule has 6 heteroatoms. The molecule has 0 bridgehead atoms. The van der Waals surface area contributed by atoms with Gasteiger partial charge in [0.2, 0.25) is 11.2 Å². The van der Waals surface area contributed by atoms with Crippen molar-refractivity contribution in [3.8, 4) is 28.4 Å². The third-order valence-corrected chi connectivity index (χ3v) is 6.41. The van der Waals surface area contributed by atoms with Gasteiger partial charge in [-0.2, -0.15) is 0 Å². The van der Waals surface area contributed by atoms with Crippen molar-refractivity contribution in [2.24, 2.45) is 5.92 Å². The van der Waals surface area contributed by atoms with Crippen LogP contribution in [-0.4, -0.2) is 25.1 Å². The van der Waals surface area contributed by atoms with Crippen LogP contribution < -0.4 is 19.6 Å². The molecule has 156 valence electrons. The number of fused-ring (bicyclic) bond motifs is 4. The highest BCUT2D eigenvalue weighted by Crippen LogP contribution is 2.45. The van der Waals surface area contributed by atoms with Gasteiger partial charge in [-0.3, -0.25) is 4.79 Å². The molecule has 0 amide bonds. The summed E-state index contributed by atoms with van der Waals surface area (Å²) in [7, 11) is 3.13. The summed E-state index contributed by atoms with van der Waals surface area (Å²) < 4.78 is 22.6. The minimum absolute atomic E-state index is 0.0141. The van der Waals surface area contributed by atoms with Crippen molar-refractivity contribution in [1.82, 2.24) is 0 Å². The predicted octanol–water partition coefficient (Wildman–Crippen LogP) is 4.29. The SMILES string of the molecule is COc1ccc(-c2coc3c4c(ccc3c2=O)OC2(O)CCCCC2C4)cc1OC. The van der Waals surface area contributed by atoms with Crippen molar-refractivity contribution < 1.29 is 23.7 Å². The number of hydrogen-bond donors (Lipinski definition) is 1. The molecule has 2 atom stereocenters. The van der Waals surface area contributed by atoms with Gasteiger partial charge in [-0.25, -0.2) is 0 Å². The van der Waals surface area contributed by atoms with Gasteiger partial charge in [0.05, 0.1) is 25.2 Å². The molecule has 1 N–H and O–H groups in total. The number of aliphatic hydroxyl groups is 1. The van der Waals surface area contributed by atoms with Crippen LogP contribution in [0, 0.1) is 5.92 Å². The highest BCUT2D eigenvalue weighted by molar-refractivity contribution is 5.86.